The highest BCUT2D eigenvalue weighted by atomic mass is 16.5. The lowest BCUT2D eigenvalue weighted by atomic mass is 10.00. The fraction of sp³-hybridized carbons (Fsp3) is 0.350. The highest BCUT2D eigenvalue weighted by molar-refractivity contribution is 5.92. The van der Waals surface area contributed by atoms with E-state index in [-0.39, 0.29) is 17.9 Å². The zero-order chi connectivity index (χ0) is 16.9. The van der Waals surface area contributed by atoms with Crippen LogP contribution in [0.25, 0.3) is 0 Å². The summed E-state index contributed by atoms with van der Waals surface area (Å²) in [6.45, 7) is 2.03. The number of nitrogens with one attached hydrogen (secondary N) is 1. The molecule has 0 aromatic heterocycles. The Morgan fingerprint density at radius 1 is 1.17 bits per heavy atom. The van der Waals surface area contributed by atoms with Crippen LogP contribution < -0.4 is 15.8 Å². The van der Waals surface area contributed by atoms with Crippen LogP contribution >= 0.6 is 0 Å². The van der Waals surface area contributed by atoms with Gasteiger partial charge >= 0.3 is 0 Å². The first-order chi connectivity index (χ1) is 11.6. The van der Waals surface area contributed by atoms with Crippen LogP contribution in [-0.4, -0.2) is 11.9 Å². The van der Waals surface area contributed by atoms with Crippen molar-refractivity contribution >= 4 is 11.6 Å². The molecule has 0 saturated heterocycles. The fourth-order valence-electron chi connectivity index (χ4n) is 3.15. The normalized spacial score (nSPS) is 19.9. The van der Waals surface area contributed by atoms with Gasteiger partial charge < -0.3 is 15.8 Å². The first-order valence-electron chi connectivity index (χ1n) is 8.51. The summed E-state index contributed by atoms with van der Waals surface area (Å²) < 4.78 is 5.92. The number of nitrogens with two attached hydrogens (primary N) is 1. The second-order valence-corrected chi connectivity index (χ2v) is 6.52. The third kappa shape index (κ3) is 4.15. The van der Waals surface area contributed by atoms with Crippen LogP contribution in [0.15, 0.2) is 48.5 Å². The molecule has 0 unspecified atom stereocenters. The molecule has 3 rings (SSSR count). The lowest BCUT2D eigenvalue weighted by Crippen LogP contribution is -2.28. The SMILES string of the molecule is Cc1ccc(Oc2ccccc2NC(=O)C[C@@H]2CCC[C@H]2N)cc1. The second kappa shape index (κ2) is 7.49. The van der Waals surface area contributed by atoms with Crippen LogP contribution in [0.3, 0.4) is 0 Å². The van der Waals surface area contributed by atoms with Crippen molar-refractivity contribution in [3.8, 4) is 11.5 Å². The number of hydrogen-bond acceptors (Lipinski definition) is 3. The molecule has 0 radical (unpaired) electrons. The lowest BCUT2D eigenvalue weighted by molar-refractivity contribution is -0.117. The maximum absolute atomic E-state index is 12.3. The molecule has 2 aromatic carbocycles. The van der Waals surface area contributed by atoms with Crippen LogP contribution in [0.5, 0.6) is 11.5 Å². The molecule has 1 fully saturated rings. The standard InChI is InChI=1S/C20H24N2O2/c1-14-9-11-16(12-10-14)24-19-8-3-2-7-18(19)22-20(23)13-15-5-4-6-17(15)21/h2-3,7-12,15,17H,4-6,13,21H2,1H3,(H,22,23)/t15-,17+/m0/s1. The van der Waals surface area contributed by atoms with E-state index in [1.165, 1.54) is 5.56 Å². The first kappa shape index (κ1) is 16.5. The van der Waals surface area contributed by atoms with Gasteiger partial charge in [-0.25, -0.2) is 0 Å². The van der Waals surface area contributed by atoms with Crippen LogP contribution in [0.2, 0.25) is 0 Å². The van der Waals surface area contributed by atoms with Gasteiger partial charge in [-0.15, -0.1) is 0 Å². The van der Waals surface area contributed by atoms with Gasteiger partial charge in [0.2, 0.25) is 5.91 Å². The van der Waals surface area contributed by atoms with Gasteiger partial charge in [0.15, 0.2) is 5.75 Å². The summed E-state index contributed by atoms with van der Waals surface area (Å²) in [6, 6.07) is 15.5. The molecule has 0 heterocycles. The van der Waals surface area contributed by atoms with E-state index in [2.05, 4.69) is 5.32 Å². The third-order valence-electron chi connectivity index (χ3n) is 4.58. The highest BCUT2D eigenvalue weighted by Gasteiger charge is 2.26. The average Bonchev–Trinajstić information content (AvgIpc) is 2.96. The van der Waals surface area contributed by atoms with Gasteiger partial charge in [0.25, 0.3) is 0 Å². The molecule has 2 aromatic rings. The van der Waals surface area contributed by atoms with Crippen LogP contribution in [0, 0.1) is 12.8 Å². The topological polar surface area (TPSA) is 64.3 Å². The Morgan fingerprint density at radius 2 is 1.92 bits per heavy atom. The molecule has 126 valence electrons. The molecule has 0 spiro atoms. The Bertz CT molecular complexity index is 697. The highest BCUT2D eigenvalue weighted by Crippen LogP contribution is 2.31. The van der Waals surface area contributed by atoms with Crippen molar-refractivity contribution in [1.82, 2.24) is 0 Å². The zero-order valence-electron chi connectivity index (χ0n) is 14.0. The van der Waals surface area contributed by atoms with Gasteiger partial charge in [0.1, 0.15) is 5.75 Å². The maximum atomic E-state index is 12.3. The van der Waals surface area contributed by atoms with E-state index in [0.29, 0.717) is 17.9 Å². The van der Waals surface area contributed by atoms with Crippen molar-refractivity contribution in [3.05, 3.63) is 54.1 Å². The summed E-state index contributed by atoms with van der Waals surface area (Å²) >= 11 is 0. The molecule has 4 heteroatoms. The number of ether oxygens (including phenoxy) is 1. The van der Waals surface area contributed by atoms with Crippen molar-refractivity contribution in [1.29, 1.82) is 0 Å². The molecule has 1 aliphatic carbocycles. The number of anilines is 1. The molecule has 24 heavy (non-hydrogen) atoms. The largest absolute Gasteiger partial charge is 0.455 e. The molecule has 2 atom stereocenters. The number of carbonyl (C=O) groups excluding carboxylic acids is 1. The number of para-hydroxylation sites is 2. The Balaban J connectivity index is 1.67. The van der Waals surface area contributed by atoms with Gasteiger partial charge in [-0.05, 0) is 49.9 Å². The van der Waals surface area contributed by atoms with Crippen LogP contribution in [0.1, 0.15) is 31.2 Å². The van der Waals surface area contributed by atoms with E-state index in [9.17, 15) is 4.79 Å². The summed E-state index contributed by atoms with van der Waals surface area (Å²) in [5.74, 6) is 1.68. The van der Waals surface area contributed by atoms with Crippen LogP contribution in [0.4, 0.5) is 5.69 Å². The molecular formula is C20H24N2O2. The summed E-state index contributed by atoms with van der Waals surface area (Å²) in [6.07, 6.45) is 3.65. The molecule has 3 N–H and O–H groups in total. The van der Waals surface area contributed by atoms with Gasteiger partial charge in [-0.1, -0.05) is 36.2 Å². The Labute approximate surface area is 143 Å². The number of benzene rings is 2. The zero-order valence-corrected chi connectivity index (χ0v) is 14.0. The van der Waals surface area contributed by atoms with Crippen molar-refractivity contribution in [3.63, 3.8) is 0 Å². The number of hydrogen-bond donors (Lipinski definition) is 2. The summed E-state index contributed by atoms with van der Waals surface area (Å²) in [5, 5.41) is 2.97. The van der Waals surface area contributed by atoms with E-state index in [0.717, 1.165) is 25.0 Å². The van der Waals surface area contributed by atoms with E-state index >= 15 is 0 Å². The minimum absolute atomic E-state index is 0.00249. The van der Waals surface area contributed by atoms with E-state index in [4.69, 9.17) is 10.5 Å². The van der Waals surface area contributed by atoms with E-state index < -0.39 is 0 Å². The lowest BCUT2D eigenvalue weighted by Gasteiger charge is -2.16. The summed E-state index contributed by atoms with van der Waals surface area (Å²) in [7, 11) is 0. The first-order valence-corrected chi connectivity index (χ1v) is 8.51. The fourth-order valence-corrected chi connectivity index (χ4v) is 3.15. The average molecular weight is 324 g/mol. The Hall–Kier alpha value is -2.33. The quantitative estimate of drug-likeness (QED) is 0.864. The van der Waals surface area contributed by atoms with E-state index in [1.807, 2.05) is 55.5 Å². The maximum Gasteiger partial charge on any atom is 0.224 e. The minimum Gasteiger partial charge on any atom is -0.455 e. The Morgan fingerprint density at radius 3 is 2.62 bits per heavy atom. The van der Waals surface area contributed by atoms with Gasteiger partial charge in [-0.2, -0.15) is 0 Å². The predicted octanol–water partition coefficient (Wildman–Crippen LogP) is 4.24. The summed E-state index contributed by atoms with van der Waals surface area (Å²) in [4.78, 5) is 12.3. The molecule has 1 saturated carbocycles. The monoisotopic (exact) mass is 324 g/mol. The number of aryl methyl sites for hydroxylation is 1. The van der Waals surface area contributed by atoms with Gasteiger partial charge in [0, 0.05) is 12.5 Å². The smallest absolute Gasteiger partial charge is 0.224 e. The number of carbonyl (C=O) groups is 1. The molecule has 4 nitrogen and oxygen atoms in total. The molecule has 1 amide bonds. The Kier molecular flexibility index (Phi) is 5.16. The number of rotatable bonds is 5. The number of amides is 1. The summed E-state index contributed by atoms with van der Waals surface area (Å²) in [5.41, 5.74) is 7.93. The van der Waals surface area contributed by atoms with Crippen molar-refractivity contribution in [2.75, 3.05) is 5.32 Å². The van der Waals surface area contributed by atoms with Crippen molar-refractivity contribution < 1.29 is 9.53 Å². The molecule has 0 bridgehead atoms. The minimum atomic E-state index is -0.00249. The van der Waals surface area contributed by atoms with Crippen molar-refractivity contribution in [2.24, 2.45) is 11.7 Å². The molecule has 0 aliphatic heterocycles. The van der Waals surface area contributed by atoms with Crippen LogP contribution in [-0.2, 0) is 4.79 Å². The van der Waals surface area contributed by atoms with Crippen molar-refractivity contribution in [2.45, 2.75) is 38.6 Å². The van der Waals surface area contributed by atoms with Gasteiger partial charge in [0.05, 0.1) is 5.69 Å². The van der Waals surface area contributed by atoms with E-state index in [1.54, 1.807) is 0 Å². The predicted molar refractivity (Wildman–Crippen MR) is 96.3 cm³/mol. The third-order valence-corrected chi connectivity index (χ3v) is 4.58. The molecular weight excluding hydrogens is 300 g/mol. The van der Waals surface area contributed by atoms with Gasteiger partial charge in [-0.3, -0.25) is 4.79 Å². The second-order valence-electron chi connectivity index (χ2n) is 6.52. The molecule has 1 aliphatic rings.